The van der Waals surface area contributed by atoms with Crippen molar-refractivity contribution in [1.82, 2.24) is 0 Å². The van der Waals surface area contributed by atoms with Gasteiger partial charge in [0.1, 0.15) is 23.1 Å². The Hall–Kier alpha value is -2.83. The maximum Gasteiger partial charge on any atom is 0.314 e. The first-order valence-corrected chi connectivity index (χ1v) is 6.21. The van der Waals surface area contributed by atoms with Crippen LogP contribution in [0.1, 0.15) is 5.56 Å². The van der Waals surface area contributed by atoms with E-state index in [4.69, 9.17) is 0 Å². The number of hydrogen-bond acceptors (Lipinski definition) is 2. The lowest BCUT2D eigenvalue weighted by atomic mass is 10.2. The van der Waals surface area contributed by atoms with Gasteiger partial charge < -0.3 is 10.6 Å². The number of nitrogens with one attached hydrogen (secondary N) is 2. The third-order valence-corrected chi connectivity index (χ3v) is 2.87. The molecule has 2 amide bonds. The number of rotatable bonds is 2. The average Bonchev–Trinajstić information content (AvgIpc) is 2.46. The maximum atomic E-state index is 13.6. The summed E-state index contributed by atoms with van der Waals surface area (Å²) in [5.41, 5.74) is -0.511. The van der Waals surface area contributed by atoms with E-state index in [1.165, 1.54) is 19.1 Å². The molecule has 0 saturated carbocycles. The van der Waals surface area contributed by atoms with Crippen LogP contribution in [0, 0.1) is 24.4 Å². The van der Waals surface area contributed by atoms with Crippen LogP contribution in [0.15, 0.2) is 36.4 Å². The standard InChI is InChI=1S/C15H11F3N2O2/c1-8-4-2-5-9(16)12(8)19-14(21)15(22)20-13-10(17)6-3-7-11(13)18/h2-7H,1H3,(H,19,21)(H,20,22). The molecule has 0 unspecified atom stereocenters. The Morgan fingerprint density at radius 1 is 0.773 bits per heavy atom. The molecule has 0 heterocycles. The number of amides is 2. The fourth-order valence-electron chi connectivity index (χ4n) is 1.75. The number of halogens is 3. The fraction of sp³-hybridized carbons (Fsp3) is 0.0667. The molecular weight excluding hydrogens is 297 g/mol. The molecule has 0 aliphatic rings. The Balaban J connectivity index is 2.15. The molecular formula is C15H11F3N2O2. The second kappa shape index (κ2) is 6.30. The first kappa shape index (κ1) is 15.6. The van der Waals surface area contributed by atoms with Crippen LogP contribution < -0.4 is 10.6 Å². The quantitative estimate of drug-likeness (QED) is 0.838. The Kier molecular flexibility index (Phi) is 4.45. The molecule has 2 N–H and O–H groups in total. The van der Waals surface area contributed by atoms with Gasteiger partial charge in [-0.25, -0.2) is 13.2 Å². The minimum absolute atomic E-state index is 0.170. The van der Waals surface area contributed by atoms with E-state index in [9.17, 15) is 22.8 Å². The van der Waals surface area contributed by atoms with E-state index in [1.807, 2.05) is 5.32 Å². The van der Waals surface area contributed by atoms with Crippen LogP contribution in [0.25, 0.3) is 0 Å². The molecule has 7 heteroatoms. The minimum atomic E-state index is -1.31. The summed E-state index contributed by atoms with van der Waals surface area (Å²) in [7, 11) is 0. The van der Waals surface area contributed by atoms with Gasteiger partial charge in [-0.3, -0.25) is 9.59 Å². The minimum Gasteiger partial charge on any atom is -0.315 e. The third-order valence-electron chi connectivity index (χ3n) is 2.87. The predicted molar refractivity (Wildman–Crippen MR) is 74.8 cm³/mol. The van der Waals surface area contributed by atoms with E-state index in [0.717, 1.165) is 24.3 Å². The smallest absolute Gasteiger partial charge is 0.314 e. The lowest BCUT2D eigenvalue weighted by molar-refractivity contribution is -0.133. The summed E-state index contributed by atoms with van der Waals surface area (Å²) in [6.07, 6.45) is 0. The first-order chi connectivity index (χ1) is 10.4. The molecule has 0 saturated heterocycles. The van der Waals surface area contributed by atoms with E-state index in [0.29, 0.717) is 5.56 Å². The summed E-state index contributed by atoms with van der Waals surface area (Å²) in [5.74, 6) is -5.33. The molecule has 4 nitrogen and oxygen atoms in total. The van der Waals surface area contributed by atoms with Crippen molar-refractivity contribution in [2.75, 3.05) is 10.6 Å². The molecule has 2 aromatic rings. The molecule has 114 valence electrons. The lowest BCUT2D eigenvalue weighted by Gasteiger charge is -2.10. The van der Waals surface area contributed by atoms with Gasteiger partial charge in [-0.05, 0) is 30.7 Å². The number of anilines is 2. The first-order valence-electron chi connectivity index (χ1n) is 6.21. The van der Waals surface area contributed by atoms with Crippen molar-refractivity contribution in [3.05, 3.63) is 59.4 Å². The highest BCUT2D eigenvalue weighted by atomic mass is 19.1. The molecule has 0 bridgehead atoms. The third kappa shape index (κ3) is 3.25. The molecule has 0 fully saturated rings. The van der Waals surface area contributed by atoms with Gasteiger partial charge in [-0.1, -0.05) is 18.2 Å². The number of carbonyl (C=O) groups is 2. The van der Waals surface area contributed by atoms with E-state index in [-0.39, 0.29) is 5.69 Å². The highest BCUT2D eigenvalue weighted by Gasteiger charge is 2.20. The lowest BCUT2D eigenvalue weighted by Crippen LogP contribution is -2.30. The van der Waals surface area contributed by atoms with Crippen LogP contribution in [-0.2, 0) is 9.59 Å². The van der Waals surface area contributed by atoms with Crippen LogP contribution >= 0.6 is 0 Å². The second-order valence-electron chi connectivity index (χ2n) is 4.44. The van der Waals surface area contributed by atoms with Crippen molar-refractivity contribution in [3.63, 3.8) is 0 Å². The number of aryl methyl sites for hydroxylation is 1. The van der Waals surface area contributed by atoms with Crippen LogP contribution in [-0.4, -0.2) is 11.8 Å². The molecule has 0 aliphatic carbocycles. The zero-order valence-corrected chi connectivity index (χ0v) is 11.4. The van der Waals surface area contributed by atoms with Gasteiger partial charge in [-0.2, -0.15) is 0 Å². The molecule has 2 rings (SSSR count). The van der Waals surface area contributed by atoms with Crippen molar-refractivity contribution < 1.29 is 22.8 Å². The van der Waals surface area contributed by atoms with Crippen molar-refractivity contribution >= 4 is 23.2 Å². The number of hydrogen-bond donors (Lipinski definition) is 2. The van der Waals surface area contributed by atoms with E-state index < -0.39 is 35.0 Å². The van der Waals surface area contributed by atoms with Gasteiger partial charge in [0.05, 0.1) is 5.69 Å². The largest absolute Gasteiger partial charge is 0.315 e. The molecule has 0 aromatic heterocycles. The molecule has 0 radical (unpaired) electrons. The number of para-hydroxylation sites is 2. The van der Waals surface area contributed by atoms with Gasteiger partial charge in [0, 0.05) is 0 Å². The molecule has 22 heavy (non-hydrogen) atoms. The van der Waals surface area contributed by atoms with Gasteiger partial charge in [0.25, 0.3) is 0 Å². The van der Waals surface area contributed by atoms with E-state index in [2.05, 4.69) is 5.32 Å². The van der Waals surface area contributed by atoms with Crippen molar-refractivity contribution in [1.29, 1.82) is 0 Å². The summed E-state index contributed by atoms with van der Waals surface area (Å²) in [5, 5.41) is 3.88. The monoisotopic (exact) mass is 308 g/mol. The molecule has 0 atom stereocenters. The average molecular weight is 308 g/mol. The Labute approximate surface area is 124 Å². The number of benzene rings is 2. The Morgan fingerprint density at radius 2 is 1.18 bits per heavy atom. The van der Waals surface area contributed by atoms with Crippen molar-refractivity contribution in [3.8, 4) is 0 Å². The SMILES string of the molecule is Cc1cccc(F)c1NC(=O)C(=O)Nc1c(F)cccc1F. The number of carbonyl (C=O) groups excluding carboxylic acids is 2. The van der Waals surface area contributed by atoms with Gasteiger partial charge in [-0.15, -0.1) is 0 Å². The fourth-order valence-corrected chi connectivity index (χ4v) is 1.75. The summed E-state index contributed by atoms with van der Waals surface area (Å²) in [6, 6.07) is 7.05. The Bertz CT molecular complexity index is 644. The van der Waals surface area contributed by atoms with Gasteiger partial charge in [0.2, 0.25) is 0 Å². The van der Waals surface area contributed by atoms with Crippen LogP contribution in [0.5, 0.6) is 0 Å². The zero-order chi connectivity index (χ0) is 16.3. The highest BCUT2D eigenvalue weighted by molar-refractivity contribution is 6.43. The van der Waals surface area contributed by atoms with Gasteiger partial charge >= 0.3 is 11.8 Å². The second-order valence-corrected chi connectivity index (χ2v) is 4.44. The summed E-state index contributed by atoms with van der Waals surface area (Å²) < 4.78 is 40.3. The molecule has 2 aromatic carbocycles. The van der Waals surface area contributed by atoms with Gasteiger partial charge in [0.15, 0.2) is 0 Å². The van der Waals surface area contributed by atoms with Crippen molar-refractivity contribution in [2.24, 2.45) is 0 Å². The van der Waals surface area contributed by atoms with E-state index >= 15 is 0 Å². The topological polar surface area (TPSA) is 58.2 Å². The Morgan fingerprint density at radius 3 is 1.68 bits per heavy atom. The van der Waals surface area contributed by atoms with E-state index in [1.54, 1.807) is 0 Å². The van der Waals surface area contributed by atoms with Crippen LogP contribution in [0.3, 0.4) is 0 Å². The van der Waals surface area contributed by atoms with Crippen molar-refractivity contribution in [2.45, 2.75) is 6.92 Å². The summed E-state index contributed by atoms with van der Waals surface area (Å²) in [6.45, 7) is 1.53. The normalized spacial score (nSPS) is 10.2. The zero-order valence-electron chi connectivity index (χ0n) is 11.4. The summed E-state index contributed by atoms with van der Waals surface area (Å²) in [4.78, 5) is 23.4. The van der Waals surface area contributed by atoms with Crippen LogP contribution in [0.2, 0.25) is 0 Å². The van der Waals surface area contributed by atoms with Crippen LogP contribution in [0.4, 0.5) is 24.5 Å². The maximum absolute atomic E-state index is 13.6. The highest BCUT2D eigenvalue weighted by Crippen LogP contribution is 2.20. The predicted octanol–water partition coefficient (Wildman–Crippen LogP) is 2.99. The summed E-state index contributed by atoms with van der Waals surface area (Å²) >= 11 is 0. The molecule has 0 spiro atoms. The molecule has 0 aliphatic heterocycles.